The Bertz CT molecular complexity index is 697. The lowest BCUT2D eigenvalue weighted by Gasteiger charge is -2.42. The van der Waals surface area contributed by atoms with Crippen LogP contribution in [0.3, 0.4) is 0 Å². The molecular formula is C22H31F3N2O3. The second-order valence-corrected chi connectivity index (χ2v) is 8.01. The van der Waals surface area contributed by atoms with E-state index in [4.69, 9.17) is 9.47 Å². The van der Waals surface area contributed by atoms with Crippen LogP contribution in [0.5, 0.6) is 0 Å². The molecule has 0 N–H and O–H groups in total. The highest BCUT2D eigenvalue weighted by molar-refractivity contribution is 5.67. The molecule has 2 saturated heterocycles. The van der Waals surface area contributed by atoms with Gasteiger partial charge in [0.25, 0.3) is 0 Å². The predicted molar refractivity (Wildman–Crippen MR) is 107 cm³/mol. The molecule has 2 heterocycles. The number of rotatable bonds is 6. The van der Waals surface area contributed by atoms with Gasteiger partial charge in [-0.2, -0.15) is 13.2 Å². The maximum absolute atomic E-state index is 13.3. The maximum atomic E-state index is 13.3. The summed E-state index contributed by atoms with van der Waals surface area (Å²) >= 11 is 0. The summed E-state index contributed by atoms with van der Waals surface area (Å²) < 4.78 is 51.3. The second kappa shape index (κ2) is 10.0. The molecule has 8 heteroatoms. The van der Waals surface area contributed by atoms with Gasteiger partial charge in [0.05, 0.1) is 24.4 Å². The molecule has 2 aliphatic heterocycles. The number of halogens is 3. The Morgan fingerprint density at radius 2 is 1.80 bits per heavy atom. The number of hydrogen-bond acceptors (Lipinski definition) is 4. The number of nitrogens with zero attached hydrogens (tertiary/aromatic N) is 2. The first-order chi connectivity index (χ1) is 14.3. The molecule has 0 radical (unpaired) electrons. The van der Waals surface area contributed by atoms with Gasteiger partial charge in [0.15, 0.2) is 0 Å². The van der Waals surface area contributed by atoms with Crippen LogP contribution >= 0.6 is 0 Å². The van der Waals surface area contributed by atoms with Crippen LogP contribution in [0.25, 0.3) is 0 Å². The number of amides is 1. The van der Waals surface area contributed by atoms with Gasteiger partial charge >= 0.3 is 12.3 Å². The van der Waals surface area contributed by atoms with Crippen molar-refractivity contribution < 1.29 is 27.4 Å². The summed E-state index contributed by atoms with van der Waals surface area (Å²) in [7, 11) is 0. The Labute approximate surface area is 176 Å². The van der Waals surface area contributed by atoms with Crippen molar-refractivity contribution in [2.45, 2.75) is 50.8 Å². The maximum Gasteiger partial charge on any atom is 0.416 e. The van der Waals surface area contributed by atoms with E-state index in [9.17, 15) is 18.0 Å². The van der Waals surface area contributed by atoms with Crippen molar-refractivity contribution in [3.05, 3.63) is 35.4 Å². The lowest BCUT2D eigenvalue weighted by atomic mass is 9.83. The van der Waals surface area contributed by atoms with E-state index in [1.54, 1.807) is 17.9 Å². The number of carbonyl (C=O) groups excluding carboxylic acids is 1. The first-order valence-electron chi connectivity index (χ1n) is 10.8. The quantitative estimate of drug-likeness (QED) is 0.661. The predicted octanol–water partition coefficient (Wildman–Crippen LogP) is 4.66. The minimum absolute atomic E-state index is 0.292. The highest BCUT2D eigenvalue weighted by Crippen LogP contribution is 2.39. The van der Waals surface area contributed by atoms with Gasteiger partial charge in [-0.25, -0.2) is 4.79 Å². The number of hydrogen-bond donors (Lipinski definition) is 0. The number of likely N-dealkylation sites (tertiary alicyclic amines) is 2. The van der Waals surface area contributed by atoms with Crippen LogP contribution in [0.2, 0.25) is 0 Å². The van der Waals surface area contributed by atoms with Crippen LogP contribution in [0, 0.1) is 0 Å². The van der Waals surface area contributed by atoms with Crippen LogP contribution in [-0.2, 0) is 21.3 Å². The molecule has 0 spiro atoms. The minimum Gasteiger partial charge on any atom is -0.450 e. The molecule has 3 rings (SSSR count). The average Bonchev–Trinajstić information content (AvgIpc) is 2.74. The fraction of sp³-hybridized carbons (Fsp3) is 0.682. The summed E-state index contributed by atoms with van der Waals surface area (Å²) in [5.41, 5.74) is -0.980. The highest BCUT2D eigenvalue weighted by Gasteiger charge is 2.40. The van der Waals surface area contributed by atoms with Crippen LogP contribution < -0.4 is 0 Å². The van der Waals surface area contributed by atoms with E-state index in [0.717, 1.165) is 25.7 Å². The smallest absolute Gasteiger partial charge is 0.416 e. The van der Waals surface area contributed by atoms with Gasteiger partial charge in [-0.1, -0.05) is 18.6 Å². The molecule has 5 nitrogen and oxygen atoms in total. The lowest BCUT2D eigenvalue weighted by molar-refractivity contribution is -0.138. The third kappa shape index (κ3) is 5.66. The Morgan fingerprint density at radius 3 is 2.43 bits per heavy atom. The number of carbonyl (C=O) groups is 1. The standard InChI is InChI=1S/C22H31F3N2O3/c1-2-29-20(28)27-13-9-21(10-14-27,30-16-15-26-11-4-3-5-12-26)18-7-6-8-19(17-18)22(23,24)25/h6-8,17H,2-5,9-16H2,1H3. The minimum atomic E-state index is -4.41. The number of alkyl halides is 3. The molecule has 2 aliphatic rings. The third-order valence-electron chi connectivity index (χ3n) is 6.05. The van der Waals surface area contributed by atoms with Crippen LogP contribution in [0.15, 0.2) is 24.3 Å². The van der Waals surface area contributed by atoms with E-state index in [2.05, 4.69) is 4.90 Å². The van der Waals surface area contributed by atoms with Crippen molar-refractivity contribution in [3.8, 4) is 0 Å². The summed E-state index contributed by atoms with van der Waals surface area (Å²) in [6.45, 7) is 6.11. The topological polar surface area (TPSA) is 42.0 Å². The van der Waals surface area contributed by atoms with Crippen LogP contribution in [0.1, 0.15) is 50.2 Å². The first-order valence-corrected chi connectivity index (χ1v) is 10.8. The zero-order valence-electron chi connectivity index (χ0n) is 17.5. The monoisotopic (exact) mass is 428 g/mol. The van der Waals surface area contributed by atoms with Crippen LogP contribution in [0.4, 0.5) is 18.0 Å². The van der Waals surface area contributed by atoms with E-state index in [1.165, 1.54) is 31.4 Å². The van der Waals surface area contributed by atoms with Gasteiger partial charge in [-0.3, -0.25) is 0 Å². The largest absolute Gasteiger partial charge is 0.450 e. The number of ether oxygens (including phenoxy) is 2. The molecule has 0 atom stereocenters. The Balaban J connectivity index is 1.74. The molecule has 30 heavy (non-hydrogen) atoms. The zero-order chi connectivity index (χ0) is 21.6. The molecule has 1 aromatic carbocycles. The van der Waals surface area contributed by atoms with E-state index in [-0.39, 0.29) is 6.09 Å². The SMILES string of the molecule is CCOC(=O)N1CCC(OCCN2CCCCC2)(c2cccc(C(F)(F)F)c2)CC1. The fourth-order valence-electron chi connectivity index (χ4n) is 4.31. The normalized spacial score (nSPS) is 20.2. The summed E-state index contributed by atoms with van der Waals surface area (Å²) in [6.07, 6.45) is -0.324. The molecule has 168 valence electrons. The molecule has 2 fully saturated rings. The van der Waals surface area contributed by atoms with E-state index < -0.39 is 17.3 Å². The first kappa shape index (κ1) is 22.9. The summed E-state index contributed by atoms with van der Waals surface area (Å²) in [5.74, 6) is 0. The van der Waals surface area contributed by atoms with Gasteiger partial charge in [-0.15, -0.1) is 0 Å². The van der Waals surface area contributed by atoms with E-state index in [0.29, 0.717) is 44.7 Å². The molecule has 1 aromatic rings. The Hall–Kier alpha value is -1.80. The van der Waals surface area contributed by atoms with Gasteiger partial charge in [0.1, 0.15) is 0 Å². The van der Waals surface area contributed by atoms with Crippen molar-refractivity contribution in [1.82, 2.24) is 9.80 Å². The summed E-state index contributed by atoms with van der Waals surface area (Å²) in [4.78, 5) is 16.0. The molecule has 1 amide bonds. The molecule has 0 bridgehead atoms. The van der Waals surface area contributed by atoms with Crippen molar-refractivity contribution in [2.24, 2.45) is 0 Å². The van der Waals surface area contributed by atoms with E-state index in [1.807, 2.05) is 0 Å². The van der Waals surface area contributed by atoms with Crippen LogP contribution in [-0.4, -0.2) is 61.8 Å². The lowest BCUT2D eigenvalue weighted by Crippen LogP contribution is -2.47. The van der Waals surface area contributed by atoms with Crippen molar-refractivity contribution in [2.75, 3.05) is 45.9 Å². The Kier molecular flexibility index (Phi) is 7.63. The molecular weight excluding hydrogens is 397 g/mol. The van der Waals surface area contributed by atoms with Crippen molar-refractivity contribution in [3.63, 3.8) is 0 Å². The molecule has 0 aliphatic carbocycles. The molecule has 0 aromatic heterocycles. The van der Waals surface area contributed by atoms with Gasteiger partial charge in [0, 0.05) is 19.6 Å². The van der Waals surface area contributed by atoms with Crippen molar-refractivity contribution >= 4 is 6.09 Å². The number of piperidine rings is 2. The average molecular weight is 428 g/mol. The molecule has 0 saturated carbocycles. The number of benzene rings is 1. The highest BCUT2D eigenvalue weighted by atomic mass is 19.4. The third-order valence-corrected chi connectivity index (χ3v) is 6.05. The summed E-state index contributed by atoms with van der Waals surface area (Å²) in [5, 5.41) is 0. The molecule has 0 unspecified atom stereocenters. The van der Waals surface area contributed by atoms with Gasteiger partial charge in [-0.05, 0) is 63.4 Å². The second-order valence-electron chi connectivity index (χ2n) is 8.01. The van der Waals surface area contributed by atoms with Crippen molar-refractivity contribution in [1.29, 1.82) is 0 Å². The fourth-order valence-corrected chi connectivity index (χ4v) is 4.31. The summed E-state index contributed by atoms with van der Waals surface area (Å²) in [6, 6.07) is 5.42. The van der Waals surface area contributed by atoms with E-state index >= 15 is 0 Å². The zero-order valence-corrected chi connectivity index (χ0v) is 17.5. The van der Waals surface area contributed by atoms with Gasteiger partial charge in [0.2, 0.25) is 0 Å². The Morgan fingerprint density at radius 1 is 1.10 bits per heavy atom. The van der Waals surface area contributed by atoms with Gasteiger partial charge < -0.3 is 19.3 Å².